The molecule has 5 heteroatoms. The molecule has 88 valence electrons. The number of pyridine rings is 1. The van der Waals surface area contributed by atoms with E-state index in [9.17, 15) is 4.79 Å². The number of halogens is 1. The number of fused-ring (bicyclic) bond motifs is 1. The summed E-state index contributed by atoms with van der Waals surface area (Å²) < 4.78 is 0. The third-order valence-electron chi connectivity index (χ3n) is 2.28. The molecule has 1 amide bonds. The number of nitrogens with zero attached hydrogens (tertiary/aromatic N) is 1. The lowest BCUT2D eigenvalue weighted by Crippen LogP contribution is -2.12. The number of amides is 1. The van der Waals surface area contributed by atoms with Crippen LogP contribution in [0.5, 0.6) is 0 Å². The quantitative estimate of drug-likeness (QED) is 0.838. The number of aromatic nitrogens is 1. The van der Waals surface area contributed by atoms with Gasteiger partial charge >= 0.3 is 0 Å². The van der Waals surface area contributed by atoms with Crippen LogP contribution in [-0.2, 0) is 4.79 Å². The average molecular weight is 267 g/mol. The van der Waals surface area contributed by atoms with Crippen molar-refractivity contribution in [2.24, 2.45) is 0 Å². The fourth-order valence-electron chi connectivity index (χ4n) is 1.49. The molecule has 0 aliphatic rings. The smallest absolute Gasteiger partial charge is 0.226 e. The maximum absolute atomic E-state index is 11.4. The van der Waals surface area contributed by atoms with Gasteiger partial charge in [-0.1, -0.05) is 23.7 Å². The van der Waals surface area contributed by atoms with Crippen molar-refractivity contribution in [1.29, 1.82) is 0 Å². The molecule has 0 aliphatic carbocycles. The maximum Gasteiger partial charge on any atom is 0.226 e. The van der Waals surface area contributed by atoms with Crippen LogP contribution in [0.25, 0.3) is 10.9 Å². The Hall–Kier alpha value is -1.26. The van der Waals surface area contributed by atoms with Crippen molar-refractivity contribution in [3.63, 3.8) is 0 Å². The third-order valence-corrected chi connectivity index (χ3v) is 2.81. The van der Waals surface area contributed by atoms with Gasteiger partial charge in [0.15, 0.2) is 0 Å². The number of benzene rings is 1. The molecule has 1 heterocycles. The molecule has 0 radical (unpaired) electrons. The van der Waals surface area contributed by atoms with Gasteiger partial charge in [0, 0.05) is 11.8 Å². The van der Waals surface area contributed by atoms with Crippen molar-refractivity contribution in [2.75, 3.05) is 11.1 Å². The topological polar surface area (TPSA) is 42.0 Å². The molecular formula is C12H11ClN2OS. The number of anilines is 1. The first-order chi connectivity index (χ1) is 8.20. The lowest BCUT2D eigenvalue weighted by molar-refractivity contribution is -0.115. The molecular weight excluding hydrogens is 256 g/mol. The monoisotopic (exact) mass is 266 g/mol. The normalized spacial score (nSPS) is 10.5. The van der Waals surface area contributed by atoms with Crippen LogP contribution >= 0.6 is 24.2 Å². The van der Waals surface area contributed by atoms with E-state index < -0.39 is 0 Å². The van der Waals surface area contributed by atoms with E-state index in [2.05, 4.69) is 22.9 Å². The molecule has 3 nitrogen and oxygen atoms in total. The summed E-state index contributed by atoms with van der Waals surface area (Å²) in [5.41, 5.74) is 0.692. The summed E-state index contributed by atoms with van der Waals surface area (Å²) in [6.45, 7) is 0. The molecule has 2 aromatic rings. The minimum atomic E-state index is -0.0982. The summed E-state index contributed by atoms with van der Waals surface area (Å²) in [5.74, 6) is 0.927. The van der Waals surface area contributed by atoms with Crippen LogP contribution < -0.4 is 5.32 Å². The predicted molar refractivity (Wildman–Crippen MR) is 73.9 cm³/mol. The van der Waals surface area contributed by atoms with Gasteiger partial charge in [-0.2, -0.15) is 12.6 Å². The summed E-state index contributed by atoms with van der Waals surface area (Å²) >= 11 is 10.0. The van der Waals surface area contributed by atoms with Crippen LogP contribution in [0.4, 0.5) is 5.82 Å². The van der Waals surface area contributed by atoms with Crippen LogP contribution in [-0.4, -0.2) is 16.6 Å². The Bertz CT molecular complexity index is 559. The van der Waals surface area contributed by atoms with Gasteiger partial charge in [0.2, 0.25) is 5.91 Å². The number of thiol groups is 1. The second-order valence-corrected chi connectivity index (χ2v) is 4.38. The van der Waals surface area contributed by atoms with Crippen molar-refractivity contribution >= 4 is 46.9 Å². The van der Waals surface area contributed by atoms with E-state index >= 15 is 0 Å². The van der Waals surface area contributed by atoms with E-state index in [1.165, 1.54) is 0 Å². The highest BCUT2D eigenvalue weighted by molar-refractivity contribution is 7.80. The number of hydrogen-bond acceptors (Lipinski definition) is 3. The van der Waals surface area contributed by atoms with Crippen LogP contribution in [0.15, 0.2) is 30.3 Å². The average Bonchev–Trinajstić information content (AvgIpc) is 2.30. The van der Waals surface area contributed by atoms with Crippen LogP contribution in [0.2, 0.25) is 5.02 Å². The summed E-state index contributed by atoms with van der Waals surface area (Å²) in [6, 6.07) is 9.20. The minimum Gasteiger partial charge on any atom is -0.311 e. The Morgan fingerprint density at radius 2 is 2.18 bits per heavy atom. The van der Waals surface area contributed by atoms with Gasteiger partial charge in [0.25, 0.3) is 0 Å². The first-order valence-corrected chi connectivity index (χ1v) is 6.18. The van der Waals surface area contributed by atoms with Crippen molar-refractivity contribution in [3.8, 4) is 0 Å². The predicted octanol–water partition coefficient (Wildman–Crippen LogP) is 3.15. The van der Waals surface area contributed by atoms with Gasteiger partial charge in [-0.25, -0.2) is 4.98 Å². The largest absolute Gasteiger partial charge is 0.311 e. The molecule has 0 saturated carbocycles. The Morgan fingerprint density at radius 3 is 2.94 bits per heavy atom. The first kappa shape index (κ1) is 12.2. The molecule has 0 saturated heterocycles. The second kappa shape index (κ2) is 5.38. The zero-order valence-corrected chi connectivity index (χ0v) is 10.6. The molecule has 2 rings (SSSR count). The molecule has 1 N–H and O–H groups in total. The van der Waals surface area contributed by atoms with Crippen molar-refractivity contribution in [2.45, 2.75) is 6.42 Å². The SMILES string of the molecule is O=C(CCS)Nc1ccc2cccc(Cl)c2n1. The lowest BCUT2D eigenvalue weighted by Gasteiger charge is -2.05. The Balaban J connectivity index is 2.31. The Labute approximate surface area is 110 Å². The number of rotatable bonds is 3. The van der Waals surface area contributed by atoms with Gasteiger partial charge in [-0.05, 0) is 24.0 Å². The molecule has 1 aromatic carbocycles. The molecule has 0 unspecified atom stereocenters. The van der Waals surface area contributed by atoms with Crippen LogP contribution in [0.3, 0.4) is 0 Å². The Kier molecular flexibility index (Phi) is 3.86. The maximum atomic E-state index is 11.4. The molecule has 0 spiro atoms. The van der Waals surface area contributed by atoms with Gasteiger partial charge < -0.3 is 5.32 Å². The molecule has 0 fully saturated rings. The standard InChI is InChI=1S/C12H11ClN2OS/c13-9-3-1-2-8-4-5-10(15-12(8)9)14-11(16)6-7-17/h1-5,17H,6-7H2,(H,14,15,16). The molecule has 1 aromatic heterocycles. The number of carbonyl (C=O) groups is 1. The van der Waals surface area contributed by atoms with E-state index in [0.717, 1.165) is 5.39 Å². The van der Waals surface area contributed by atoms with Gasteiger partial charge in [0.1, 0.15) is 5.82 Å². The minimum absolute atomic E-state index is 0.0982. The molecule has 17 heavy (non-hydrogen) atoms. The number of carbonyl (C=O) groups excluding carboxylic acids is 1. The number of para-hydroxylation sites is 1. The first-order valence-electron chi connectivity index (χ1n) is 5.16. The van der Waals surface area contributed by atoms with Crippen LogP contribution in [0, 0.1) is 0 Å². The highest BCUT2D eigenvalue weighted by Gasteiger charge is 2.05. The van der Waals surface area contributed by atoms with Crippen molar-refractivity contribution < 1.29 is 4.79 Å². The van der Waals surface area contributed by atoms with Gasteiger partial charge in [0.05, 0.1) is 10.5 Å². The summed E-state index contributed by atoms with van der Waals surface area (Å²) in [5, 5.41) is 4.23. The van der Waals surface area contributed by atoms with Gasteiger partial charge in [-0.15, -0.1) is 0 Å². The number of hydrogen-bond donors (Lipinski definition) is 2. The molecule has 0 bridgehead atoms. The Morgan fingerprint density at radius 1 is 1.35 bits per heavy atom. The number of nitrogens with one attached hydrogen (secondary N) is 1. The van der Waals surface area contributed by atoms with Crippen molar-refractivity contribution in [3.05, 3.63) is 35.4 Å². The van der Waals surface area contributed by atoms with Crippen LogP contribution in [0.1, 0.15) is 6.42 Å². The third kappa shape index (κ3) is 2.90. The summed E-state index contributed by atoms with van der Waals surface area (Å²) in [7, 11) is 0. The fraction of sp³-hybridized carbons (Fsp3) is 0.167. The summed E-state index contributed by atoms with van der Waals surface area (Å²) in [6.07, 6.45) is 0.366. The molecule has 0 atom stereocenters. The molecule has 0 aliphatic heterocycles. The van der Waals surface area contributed by atoms with E-state index in [4.69, 9.17) is 11.6 Å². The highest BCUT2D eigenvalue weighted by atomic mass is 35.5. The zero-order valence-electron chi connectivity index (χ0n) is 8.98. The van der Waals surface area contributed by atoms with E-state index in [1.54, 1.807) is 12.1 Å². The van der Waals surface area contributed by atoms with Gasteiger partial charge in [-0.3, -0.25) is 4.79 Å². The van der Waals surface area contributed by atoms with E-state index in [1.807, 2.05) is 18.2 Å². The lowest BCUT2D eigenvalue weighted by atomic mass is 10.2. The highest BCUT2D eigenvalue weighted by Crippen LogP contribution is 2.22. The summed E-state index contributed by atoms with van der Waals surface area (Å²) in [4.78, 5) is 15.7. The van der Waals surface area contributed by atoms with E-state index in [-0.39, 0.29) is 5.91 Å². The van der Waals surface area contributed by atoms with Crippen molar-refractivity contribution in [1.82, 2.24) is 4.98 Å². The van der Waals surface area contributed by atoms with E-state index in [0.29, 0.717) is 28.5 Å². The fourth-order valence-corrected chi connectivity index (χ4v) is 1.91. The second-order valence-electron chi connectivity index (χ2n) is 3.53. The zero-order chi connectivity index (χ0) is 12.3.